The molecule has 4 unspecified atom stereocenters. The SMILES string of the molecule is C=CCCCC[C@H](Cl)B1OC2CC3CC(C3(C)C)C2(C)O1. The van der Waals surface area contributed by atoms with Gasteiger partial charge in [-0.25, -0.2) is 0 Å². The van der Waals surface area contributed by atoms with Crippen molar-refractivity contribution in [3.63, 3.8) is 0 Å². The third-order valence-electron chi connectivity index (χ3n) is 6.40. The lowest BCUT2D eigenvalue weighted by Crippen LogP contribution is -2.65. The van der Waals surface area contributed by atoms with Crippen LogP contribution in [-0.2, 0) is 9.31 Å². The molecule has 0 N–H and O–H groups in total. The Balaban J connectivity index is 1.58. The van der Waals surface area contributed by atoms with Crippen LogP contribution in [0.4, 0.5) is 0 Å². The van der Waals surface area contributed by atoms with Crippen LogP contribution in [0.2, 0.25) is 0 Å². The Morgan fingerprint density at radius 2 is 2.10 bits per heavy atom. The highest BCUT2D eigenvalue weighted by Gasteiger charge is 2.68. The highest BCUT2D eigenvalue weighted by Crippen LogP contribution is 2.65. The van der Waals surface area contributed by atoms with Crippen LogP contribution in [0.15, 0.2) is 12.7 Å². The first-order valence-corrected chi connectivity index (χ1v) is 8.91. The van der Waals surface area contributed by atoms with Crippen LogP contribution in [0, 0.1) is 17.3 Å². The monoisotopic (exact) mass is 310 g/mol. The first-order chi connectivity index (χ1) is 9.89. The first kappa shape index (κ1) is 15.9. The van der Waals surface area contributed by atoms with E-state index < -0.39 is 0 Å². The molecule has 4 aliphatic rings. The molecule has 1 aliphatic heterocycles. The fourth-order valence-corrected chi connectivity index (χ4v) is 5.08. The zero-order valence-corrected chi connectivity index (χ0v) is 14.4. The summed E-state index contributed by atoms with van der Waals surface area (Å²) in [5.74, 6) is 1.41. The molecule has 5 atom stereocenters. The van der Waals surface area contributed by atoms with Gasteiger partial charge in [-0.3, -0.25) is 0 Å². The van der Waals surface area contributed by atoms with Crippen molar-refractivity contribution in [3.8, 4) is 0 Å². The minimum Gasteiger partial charge on any atom is -0.404 e. The molecular weight excluding hydrogens is 282 g/mol. The summed E-state index contributed by atoms with van der Waals surface area (Å²) in [6.07, 6.45) is 8.93. The molecule has 0 amide bonds. The standard InChI is InChI=1S/C17H28BClO2/c1-5-6-7-8-9-15(19)18-20-14-11-12-10-13(16(12,2)3)17(14,4)21-18/h5,12-15H,1,6-11H2,2-4H3/t12?,13?,14?,15-,17?/m0/s1. The van der Waals surface area contributed by atoms with Crippen molar-refractivity contribution in [2.75, 3.05) is 0 Å². The number of rotatable bonds is 6. The van der Waals surface area contributed by atoms with Gasteiger partial charge in [0.15, 0.2) is 0 Å². The molecule has 0 aromatic rings. The Bertz CT molecular complexity index is 414. The molecule has 1 saturated heterocycles. The van der Waals surface area contributed by atoms with Gasteiger partial charge in [0.25, 0.3) is 0 Å². The van der Waals surface area contributed by atoms with E-state index in [-0.39, 0.29) is 24.1 Å². The third kappa shape index (κ3) is 2.50. The number of alkyl halides is 1. The Labute approximate surface area is 134 Å². The Kier molecular flexibility index (Phi) is 4.22. The summed E-state index contributed by atoms with van der Waals surface area (Å²) in [4.78, 5) is 0. The van der Waals surface area contributed by atoms with Crippen molar-refractivity contribution in [2.24, 2.45) is 17.3 Å². The van der Waals surface area contributed by atoms with Crippen LogP contribution < -0.4 is 0 Å². The molecule has 0 aromatic heterocycles. The molecule has 4 rings (SSSR count). The lowest BCUT2D eigenvalue weighted by atomic mass is 9.43. The van der Waals surface area contributed by atoms with Gasteiger partial charge in [0.2, 0.25) is 0 Å². The summed E-state index contributed by atoms with van der Waals surface area (Å²) in [6, 6.07) is 0. The van der Waals surface area contributed by atoms with E-state index in [1.807, 2.05) is 6.08 Å². The van der Waals surface area contributed by atoms with Crippen molar-refractivity contribution < 1.29 is 9.31 Å². The molecule has 2 nitrogen and oxygen atoms in total. The number of unbranched alkanes of at least 4 members (excludes halogenated alkanes) is 2. The fourth-order valence-electron chi connectivity index (χ4n) is 4.82. The minimum absolute atomic E-state index is 0.0300. The van der Waals surface area contributed by atoms with Gasteiger partial charge in [0, 0.05) is 0 Å². The highest BCUT2D eigenvalue weighted by molar-refractivity contribution is 6.59. The van der Waals surface area contributed by atoms with Crippen molar-refractivity contribution in [1.82, 2.24) is 0 Å². The van der Waals surface area contributed by atoms with Crippen LogP contribution in [0.1, 0.15) is 59.3 Å². The second-order valence-corrected chi connectivity index (χ2v) is 8.49. The normalized spacial score (nSPS) is 41.3. The molecule has 0 spiro atoms. The van der Waals surface area contributed by atoms with Crippen LogP contribution in [0.5, 0.6) is 0 Å². The maximum absolute atomic E-state index is 6.55. The molecule has 0 aromatic carbocycles. The van der Waals surface area contributed by atoms with E-state index in [2.05, 4.69) is 27.4 Å². The Morgan fingerprint density at radius 1 is 1.33 bits per heavy atom. The quantitative estimate of drug-likeness (QED) is 0.309. The molecule has 3 aliphatic carbocycles. The molecule has 4 fully saturated rings. The fraction of sp³-hybridized carbons (Fsp3) is 0.882. The largest absolute Gasteiger partial charge is 0.476 e. The second kappa shape index (κ2) is 5.58. The zero-order chi connectivity index (χ0) is 15.3. The van der Waals surface area contributed by atoms with Gasteiger partial charge in [-0.1, -0.05) is 26.3 Å². The molecular formula is C17H28BClO2. The van der Waals surface area contributed by atoms with Gasteiger partial charge in [0.1, 0.15) is 0 Å². The van der Waals surface area contributed by atoms with Crippen molar-refractivity contribution >= 4 is 18.7 Å². The van der Waals surface area contributed by atoms with E-state index in [4.69, 9.17) is 20.9 Å². The van der Waals surface area contributed by atoms with Gasteiger partial charge in [-0.15, -0.1) is 18.2 Å². The predicted octanol–water partition coefficient (Wildman–Crippen LogP) is 4.61. The van der Waals surface area contributed by atoms with E-state index in [0.29, 0.717) is 11.3 Å². The van der Waals surface area contributed by atoms with E-state index in [9.17, 15) is 0 Å². The molecule has 21 heavy (non-hydrogen) atoms. The first-order valence-electron chi connectivity index (χ1n) is 8.48. The highest BCUT2D eigenvalue weighted by atomic mass is 35.5. The number of allylic oxidation sites excluding steroid dienone is 1. The average Bonchev–Trinajstić information content (AvgIpc) is 2.80. The van der Waals surface area contributed by atoms with Gasteiger partial charge >= 0.3 is 7.12 Å². The third-order valence-corrected chi connectivity index (χ3v) is 6.83. The van der Waals surface area contributed by atoms with Crippen molar-refractivity contribution in [1.29, 1.82) is 0 Å². The Hall–Kier alpha value is 0.0149. The predicted molar refractivity (Wildman–Crippen MR) is 88.4 cm³/mol. The maximum Gasteiger partial charge on any atom is 0.476 e. The smallest absolute Gasteiger partial charge is 0.404 e. The van der Waals surface area contributed by atoms with Crippen molar-refractivity contribution in [3.05, 3.63) is 12.7 Å². The number of hydrogen-bond acceptors (Lipinski definition) is 2. The molecule has 0 radical (unpaired) electrons. The molecule has 1 heterocycles. The lowest BCUT2D eigenvalue weighted by molar-refractivity contribution is -0.199. The van der Waals surface area contributed by atoms with Gasteiger partial charge in [0.05, 0.1) is 17.0 Å². The summed E-state index contributed by atoms with van der Waals surface area (Å²) < 4.78 is 12.6. The van der Waals surface area contributed by atoms with Crippen LogP contribution in [0.25, 0.3) is 0 Å². The molecule has 3 saturated carbocycles. The van der Waals surface area contributed by atoms with E-state index in [1.165, 1.54) is 6.42 Å². The summed E-state index contributed by atoms with van der Waals surface area (Å²) in [7, 11) is -0.222. The average molecular weight is 311 g/mol. The topological polar surface area (TPSA) is 18.5 Å². The minimum atomic E-state index is -0.222. The molecule has 4 heteroatoms. The van der Waals surface area contributed by atoms with Crippen LogP contribution >= 0.6 is 11.6 Å². The summed E-state index contributed by atoms with van der Waals surface area (Å²) in [5.41, 5.74) is 0.270. The van der Waals surface area contributed by atoms with Gasteiger partial charge in [-0.05, 0) is 56.3 Å². The summed E-state index contributed by atoms with van der Waals surface area (Å²) in [5, 5.41) is -0.0300. The molecule has 2 bridgehead atoms. The van der Waals surface area contributed by atoms with Crippen LogP contribution in [0.3, 0.4) is 0 Å². The lowest BCUT2D eigenvalue weighted by Gasteiger charge is -2.64. The summed E-state index contributed by atoms with van der Waals surface area (Å²) in [6.45, 7) is 10.8. The number of halogens is 1. The van der Waals surface area contributed by atoms with Gasteiger partial charge < -0.3 is 9.31 Å². The number of hydrogen-bond donors (Lipinski definition) is 0. The Morgan fingerprint density at radius 3 is 2.76 bits per heavy atom. The summed E-state index contributed by atoms with van der Waals surface area (Å²) >= 11 is 6.55. The van der Waals surface area contributed by atoms with Crippen molar-refractivity contribution in [2.45, 2.75) is 76.3 Å². The van der Waals surface area contributed by atoms with Crippen LogP contribution in [-0.4, -0.2) is 24.1 Å². The second-order valence-electron chi connectivity index (χ2n) is 7.93. The molecule has 118 valence electrons. The van der Waals surface area contributed by atoms with E-state index >= 15 is 0 Å². The zero-order valence-electron chi connectivity index (χ0n) is 13.6. The van der Waals surface area contributed by atoms with E-state index in [1.54, 1.807) is 0 Å². The van der Waals surface area contributed by atoms with E-state index in [0.717, 1.165) is 38.0 Å². The van der Waals surface area contributed by atoms with Gasteiger partial charge in [-0.2, -0.15) is 0 Å². The maximum atomic E-state index is 6.55.